The van der Waals surface area contributed by atoms with E-state index in [-0.39, 0.29) is 24.1 Å². The second-order valence-corrected chi connectivity index (χ2v) is 12.3. The molecule has 5 aliphatic rings. The van der Waals surface area contributed by atoms with Crippen LogP contribution >= 0.6 is 11.3 Å². The Balaban J connectivity index is 0.987. The highest BCUT2D eigenvalue weighted by atomic mass is 32.1. The fourth-order valence-electron chi connectivity index (χ4n) is 6.29. The summed E-state index contributed by atoms with van der Waals surface area (Å²) in [6.45, 7) is 2.90. The number of carbonyl (C=O) groups is 2. The Labute approximate surface area is 232 Å². The first-order chi connectivity index (χ1) is 19.1. The lowest BCUT2D eigenvalue weighted by molar-refractivity contribution is -0.144. The van der Waals surface area contributed by atoms with Gasteiger partial charge in [-0.05, 0) is 43.4 Å². The Bertz CT molecular complexity index is 1300. The number of piperazine rings is 1. The molecule has 2 amide bonds. The standard InChI is InChI=1S/C30H34N4O4S/c35-27(30(14-15-30)38-24-9-5-2-6-10-24)32-16-13-25-26(19-32)39-28(31-25)34-22-11-12-23(34)18-33(17-22)29(36)37-20-21-7-3-1-4-8-21/h1,3-5,7-10,22-23H,2,6,11-20H2. The largest absolute Gasteiger partial charge is 0.478 e. The molecule has 2 aromatic rings. The first-order valence-corrected chi connectivity index (χ1v) is 15.0. The molecule has 204 valence electrons. The maximum atomic E-state index is 13.5. The highest BCUT2D eigenvalue weighted by molar-refractivity contribution is 7.15. The Morgan fingerprint density at radius 1 is 1.05 bits per heavy atom. The zero-order valence-corrected chi connectivity index (χ0v) is 22.9. The lowest BCUT2D eigenvalue weighted by Gasteiger charge is -2.40. The predicted octanol–water partition coefficient (Wildman–Crippen LogP) is 4.80. The van der Waals surface area contributed by atoms with Gasteiger partial charge in [-0.2, -0.15) is 0 Å². The van der Waals surface area contributed by atoms with Gasteiger partial charge in [0, 0.05) is 55.9 Å². The number of benzene rings is 1. The van der Waals surface area contributed by atoms with Gasteiger partial charge in [0.1, 0.15) is 12.4 Å². The van der Waals surface area contributed by atoms with Crippen LogP contribution in [0.2, 0.25) is 0 Å². The van der Waals surface area contributed by atoms with Crippen LogP contribution in [0, 0.1) is 0 Å². The van der Waals surface area contributed by atoms with E-state index >= 15 is 0 Å². The molecule has 39 heavy (non-hydrogen) atoms. The average molecular weight is 547 g/mol. The summed E-state index contributed by atoms with van der Waals surface area (Å²) < 4.78 is 11.8. The summed E-state index contributed by atoms with van der Waals surface area (Å²) in [6, 6.07) is 10.3. The minimum atomic E-state index is -0.677. The smallest absolute Gasteiger partial charge is 0.410 e. The van der Waals surface area contributed by atoms with Crippen molar-refractivity contribution in [3.05, 3.63) is 70.5 Å². The van der Waals surface area contributed by atoms with Gasteiger partial charge in [-0.25, -0.2) is 9.78 Å². The van der Waals surface area contributed by atoms with Crippen LogP contribution in [0.25, 0.3) is 0 Å². The first-order valence-electron chi connectivity index (χ1n) is 14.2. The minimum absolute atomic E-state index is 0.116. The maximum absolute atomic E-state index is 13.5. The van der Waals surface area contributed by atoms with E-state index in [9.17, 15) is 9.59 Å². The summed E-state index contributed by atoms with van der Waals surface area (Å²) in [5.74, 6) is 0.953. The summed E-state index contributed by atoms with van der Waals surface area (Å²) >= 11 is 1.72. The molecule has 2 aliphatic carbocycles. The molecule has 2 unspecified atom stereocenters. The van der Waals surface area contributed by atoms with Crippen LogP contribution < -0.4 is 4.90 Å². The van der Waals surface area contributed by atoms with Crippen molar-refractivity contribution in [1.29, 1.82) is 0 Å². The fourth-order valence-corrected chi connectivity index (χ4v) is 7.56. The monoisotopic (exact) mass is 546 g/mol. The topological polar surface area (TPSA) is 75.2 Å². The van der Waals surface area contributed by atoms with Gasteiger partial charge in [-0.3, -0.25) is 4.79 Å². The molecule has 0 N–H and O–H groups in total. The number of likely N-dealkylation sites (tertiary alicyclic amines) is 1. The number of fused-ring (bicyclic) bond motifs is 3. The third kappa shape index (κ3) is 4.81. The van der Waals surface area contributed by atoms with E-state index in [1.807, 2.05) is 46.2 Å². The van der Waals surface area contributed by atoms with Gasteiger partial charge in [0.05, 0.1) is 12.2 Å². The highest BCUT2D eigenvalue weighted by Crippen LogP contribution is 2.45. The Hall–Kier alpha value is -3.33. The molecule has 1 saturated carbocycles. The zero-order chi connectivity index (χ0) is 26.4. The maximum Gasteiger partial charge on any atom is 0.410 e. The van der Waals surface area contributed by atoms with Crippen LogP contribution in [0.5, 0.6) is 0 Å². The van der Waals surface area contributed by atoms with E-state index in [4.69, 9.17) is 14.5 Å². The Kier molecular flexibility index (Phi) is 6.34. The normalized spacial score (nSPS) is 24.7. The van der Waals surface area contributed by atoms with Crippen molar-refractivity contribution >= 4 is 28.5 Å². The van der Waals surface area contributed by atoms with Crippen LogP contribution in [0.1, 0.15) is 54.7 Å². The number of amides is 2. The minimum Gasteiger partial charge on any atom is -0.478 e. The summed E-state index contributed by atoms with van der Waals surface area (Å²) in [5.41, 5.74) is 1.44. The van der Waals surface area contributed by atoms with Gasteiger partial charge < -0.3 is 24.2 Å². The van der Waals surface area contributed by atoms with Crippen molar-refractivity contribution < 1.29 is 19.1 Å². The number of hydrogen-bond acceptors (Lipinski definition) is 7. The third-order valence-corrected chi connectivity index (χ3v) is 9.64. The van der Waals surface area contributed by atoms with Crippen LogP contribution in [-0.2, 0) is 33.8 Å². The molecule has 8 nitrogen and oxygen atoms in total. The van der Waals surface area contributed by atoms with Gasteiger partial charge >= 0.3 is 6.09 Å². The Morgan fingerprint density at radius 3 is 2.56 bits per heavy atom. The molecule has 1 aromatic carbocycles. The van der Waals surface area contributed by atoms with E-state index in [0.717, 1.165) is 67.1 Å². The lowest BCUT2D eigenvalue weighted by Crippen LogP contribution is -2.55. The molecule has 2 saturated heterocycles. The van der Waals surface area contributed by atoms with Crippen molar-refractivity contribution in [2.24, 2.45) is 0 Å². The number of hydrogen-bond donors (Lipinski definition) is 0. The van der Waals surface area contributed by atoms with Crippen LogP contribution in [0.3, 0.4) is 0 Å². The molecule has 0 spiro atoms. The second kappa shape index (κ2) is 10.0. The average Bonchev–Trinajstić information content (AvgIpc) is 3.55. The fraction of sp³-hybridized carbons (Fsp3) is 0.500. The van der Waals surface area contributed by atoms with Crippen molar-refractivity contribution in [1.82, 2.24) is 14.8 Å². The molecular weight excluding hydrogens is 512 g/mol. The number of nitrogens with zero attached hydrogens (tertiary/aromatic N) is 4. The van der Waals surface area contributed by atoms with Crippen molar-refractivity contribution in [2.45, 2.75) is 75.8 Å². The van der Waals surface area contributed by atoms with Gasteiger partial charge in [-0.1, -0.05) is 47.7 Å². The number of ether oxygens (including phenoxy) is 2. The van der Waals surface area contributed by atoms with E-state index in [1.165, 1.54) is 4.88 Å². The molecule has 3 fully saturated rings. The Morgan fingerprint density at radius 2 is 1.85 bits per heavy atom. The number of carbonyl (C=O) groups excluding carboxylic acids is 2. The lowest BCUT2D eigenvalue weighted by atomic mass is 10.1. The van der Waals surface area contributed by atoms with E-state index in [1.54, 1.807) is 11.3 Å². The molecule has 9 heteroatoms. The molecule has 3 aliphatic heterocycles. The summed E-state index contributed by atoms with van der Waals surface area (Å²) in [6.07, 6.45) is 12.4. The second-order valence-electron chi connectivity index (χ2n) is 11.3. The van der Waals surface area contributed by atoms with Crippen molar-refractivity contribution in [2.75, 3.05) is 24.5 Å². The zero-order valence-electron chi connectivity index (χ0n) is 22.1. The predicted molar refractivity (Wildman–Crippen MR) is 148 cm³/mol. The SMILES string of the molecule is O=C(OCc1ccccc1)N1CC2CCC(C1)N2c1nc2c(s1)CN(C(=O)C1(OC3=CCCC=C3)CC1)CC2. The van der Waals surface area contributed by atoms with E-state index in [0.29, 0.717) is 32.8 Å². The summed E-state index contributed by atoms with van der Waals surface area (Å²) in [5, 5.41) is 1.04. The molecule has 0 radical (unpaired) electrons. The third-order valence-electron chi connectivity index (χ3n) is 8.54. The number of thiazole rings is 1. The van der Waals surface area contributed by atoms with Crippen LogP contribution in [0.15, 0.2) is 54.3 Å². The van der Waals surface area contributed by atoms with Crippen LogP contribution in [-0.4, -0.2) is 64.1 Å². The molecule has 2 bridgehead atoms. The number of aromatic nitrogens is 1. The van der Waals surface area contributed by atoms with E-state index < -0.39 is 5.60 Å². The van der Waals surface area contributed by atoms with Gasteiger partial charge in [-0.15, -0.1) is 0 Å². The van der Waals surface area contributed by atoms with E-state index in [2.05, 4.69) is 17.1 Å². The van der Waals surface area contributed by atoms with Crippen molar-refractivity contribution in [3.8, 4) is 0 Å². The van der Waals surface area contributed by atoms with Crippen LogP contribution in [0.4, 0.5) is 9.93 Å². The van der Waals surface area contributed by atoms with Gasteiger partial charge in [0.2, 0.25) is 0 Å². The molecule has 4 heterocycles. The molecular formula is C30H34N4O4S. The van der Waals surface area contributed by atoms with Gasteiger partial charge in [0.25, 0.3) is 5.91 Å². The summed E-state index contributed by atoms with van der Waals surface area (Å²) in [4.78, 5) is 38.8. The number of anilines is 1. The number of allylic oxidation sites excluding steroid dienone is 3. The molecule has 1 aromatic heterocycles. The summed E-state index contributed by atoms with van der Waals surface area (Å²) in [7, 11) is 0. The van der Waals surface area contributed by atoms with Crippen molar-refractivity contribution in [3.63, 3.8) is 0 Å². The highest BCUT2D eigenvalue weighted by Gasteiger charge is 2.55. The quantitative estimate of drug-likeness (QED) is 0.518. The number of rotatable bonds is 6. The molecule has 7 rings (SSSR count). The first kappa shape index (κ1) is 24.7. The van der Waals surface area contributed by atoms with Gasteiger partial charge in [0.15, 0.2) is 10.7 Å². The molecule has 2 atom stereocenters.